The van der Waals surface area contributed by atoms with Crippen molar-refractivity contribution in [2.24, 2.45) is 5.73 Å². The first-order chi connectivity index (χ1) is 7.99. The lowest BCUT2D eigenvalue weighted by Crippen LogP contribution is -2.38. The Bertz CT molecular complexity index is 423. The van der Waals surface area contributed by atoms with Crippen molar-refractivity contribution >= 4 is 18.2 Å². The van der Waals surface area contributed by atoms with Crippen LogP contribution in [0.15, 0.2) is 18.2 Å². The molecule has 0 aromatic heterocycles. The lowest BCUT2D eigenvalue weighted by molar-refractivity contribution is -0.121. The Balaban J connectivity index is 0.00000289. The van der Waals surface area contributed by atoms with Crippen LogP contribution in [0.3, 0.4) is 0 Å². The van der Waals surface area contributed by atoms with E-state index >= 15 is 0 Å². The second-order valence-electron chi connectivity index (χ2n) is 4.16. The average Bonchev–Trinajstić information content (AvgIpc) is 2.36. The molecule has 0 heterocycles. The minimum Gasteiger partial charge on any atom is -0.493 e. The van der Waals surface area contributed by atoms with Crippen LogP contribution in [0.25, 0.3) is 0 Å². The number of carbonyl (C=O) groups excluding carboxylic acids is 1. The summed E-state index contributed by atoms with van der Waals surface area (Å²) in [6.45, 7) is 3.64. The summed E-state index contributed by atoms with van der Waals surface area (Å²) in [7, 11) is 3.14. The molecule has 0 bridgehead atoms. The number of ketones is 1. The zero-order chi connectivity index (χ0) is 13.1. The highest BCUT2D eigenvalue weighted by Crippen LogP contribution is 2.33. The summed E-state index contributed by atoms with van der Waals surface area (Å²) >= 11 is 0. The van der Waals surface area contributed by atoms with Gasteiger partial charge in [-0.25, -0.2) is 0 Å². The minimum atomic E-state index is -0.681. The average molecular weight is 274 g/mol. The molecule has 0 aliphatic heterocycles. The van der Waals surface area contributed by atoms with Crippen LogP contribution < -0.4 is 15.2 Å². The van der Waals surface area contributed by atoms with Crippen molar-refractivity contribution < 1.29 is 14.3 Å². The quantitative estimate of drug-likeness (QED) is 0.890. The standard InChI is InChI=1S/C13H19NO3.ClH/c1-9(15)13(2,8-14)10-5-6-11(16-3)12(7-10)17-4;/h5-7H,8,14H2,1-4H3;1H. The van der Waals surface area contributed by atoms with Crippen LogP contribution >= 0.6 is 12.4 Å². The number of hydrogen-bond donors (Lipinski definition) is 1. The Labute approximate surface area is 114 Å². The predicted octanol–water partition coefficient (Wildman–Crippen LogP) is 1.93. The van der Waals surface area contributed by atoms with Gasteiger partial charge in [0, 0.05) is 6.54 Å². The van der Waals surface area contributed by atoms with Crippen LogP contribution in [0.5, 0.6) is 11.5 Å². The third-order valence-corrected chi connectivity index (χ3v) is 3.21. The maximum Gasteiger partial charge on any atom is 0.161 e. The van der Waals surface area contributed by atoms with Gasteiger partial charge in [-0.15, -0.1) is 12.4 Å². The maximum atomic E-state index is 11.7. The highest BCUT2D eigenvalue weighted by molar-refractivity contribution is 5.88. The third-order valence-electron chi connectivity index (χ3n) is 3.21. The summed E-state index contributed by atoms with van der Waals surface area (Å²) in [5.41, 5.74) is 5.87. The molecule has 2 N–H and O–H groups in total. The first-order valence-electron chi connectivity index (χ1n) is 5.43. The molecule has 1 unspecified atom stereocenters. The van der Waals surface area contributed by atoms with Gasteiger partial charge in [-0.05, 0) is 31.5 Å². The molecule has 1 aromatic carbocycles. The van der Waals surface area contributed by atoms with E-state index in [1.165, 1.54) is 0 Å². The first kappa shape index (κ1) is 16.7. The number of methoxy groups -OCH3 is 2. The van der Waals surface area contributed by atoms with Gasteiger partial charge in [0.05, 0.1) is 19.6 Å². The smallest absolute Gasteiger partial charge is 0.161 e. The zero-order valence-corrected chi connectivity index (χ0v) is 12.0. The van der Waals surface area contributed by atoms with Crippen molar-refractivity contribution in [1.29, 1.82) is 0 Å². The number of nitrogens with two attached hydrogens (primary N) is 1. The molecule has 4 nitrogen and oxygen atoms in total. The fraction of sp³-hybridized carbons (Fsp3) is 0.462. The Morgan fingerprint density at radius 2 is 1.83 bits per heavy atom. The topological polar surface area (TPSA) is 61.5 Å². The lowest BCUT2D eigenvalue weighted by atomic mass is 9.79. The number of ether oxygens (including phenoxy) is 2. The van der Waals surface area contributed by atoms with Crippen molar-refractivity contribution in [3.05, 3.63) is 23.8 Å². The van der Waals surface area contributed by atoms with Crippen molar-refractivity contribution in [2.45, 2.75) is 19.3 Å². The molecule has 102 valence electrons. The second kappa shape index (κ2) is 6.61. The van der Waals surface area contributed by atoms with Crippen LogP contribution in [-0.4, -0.2) is 26.5 Å². The highest BCUT2D eigenvalue weighted by Gasteiger charge is 2.31. The molecular formula is C13H20ClNO3. The fourth-order valence-corrected chi connectivity index (χ4v) is 1.64. The van der Waals surface area contributed by atoms with Gasteiger partial charge in [-0.3, -0.25) is 4.79 Å². The van der Waals surface area contributed by atoms with Gasteiger partial charge < -0.3 is 15.2 Å². The summed E-state index contributed by atoms with van der Waals surface area (Å²) < 4.78 is 10.4. The van der Waals surface area contributed by atoms with E-state index in [1.807, 2.05) is 13.0 Å². The molecule has 0 amide bonds. The SMILES string of the molecule is COc1ccc(C(C)(CN)C(C)=O)cc1OC.Cl. The molecule has 0 radical (unpaired) electrons. The Morgan fingerprint density at radius 1 is 1.28 bits per heavy atom. The molecule has 0 aliphatic carbocycles. The summed E-state index contributed by atoms with van der Waals surface area (Å²) in [4.78, 5) is 11.7. The van der Waals surface area contributed by atoms with Crippen LogP contribution in [-0.2, 0) is 10.2 Å². The Hall–Kier alpha value is -1.26. The van der Waals surface area contributed by atoms with E-state index < -0.39 is 5.41 Å². The van der Waals surface area contributed by atoms with Gasteiger partial charge in [0.2, 0.25) is 0 Å². The molecule has 0 saturated heterocycles. The minimum absolute atomic E-state index is 0. The van der Waals surface area contributed by atoms with Gasteiger partial charge >= 0.3 is 0 Å². The molecule has 18 heavy (non-hydrogen) atoms. The van der Waals surface area contributed by atoms with Gasteiger partial charge in [0.1, 0.15) is 5.78 Å². The Kier molecular flexibility index (Phi) is 6.15. The third kappa shape index (κ3) is 2.94. The van der Waals surface area contributed by atoms with Gasteiger partial charge in [0.25, 0.3) is 0 Å². The first-order valence-corrected chi connectivity index (χ1v) is 5.43. The number of rotatable bonds is 5. The lowest BCUT2D eigenvalue weighted by Gasteiger charge is -2.26. The van der Waals surface area contributed by atoms with Crippen molar-refractivity contribution in [3.63, 3.8) is 0 Å². The number of hydrogen-bond acceptors (Lipinski definition) is 4. The molecule has 0 spiro atoms. The van der Waals surface area contributed by atoms with Crippen molar-refractivity contribution in [3.8, 4) is 11.5 Å². The second-order valence-corrected chi connectivity index (χ2v) is 4.16. The monoisotopic (exact) mass is 273 g/mol. The molecular weight excluding hydrogens is 254 g/mol. The van der Waals surface area contributed by atoms with Crippen LogP contribution in [0, 0.1) is 0 Å². The van der Waals surface area contributed by atoms with E-state index in [2.05, 4.69) is 0 Å². The zero-order valence-electron chi connectivity index (χ0n) is 11.1. The van der Waals surface area contributed by atoms with Gasteiger partial charge in [0.15, 0.2) is 11.5 Å². The van der Waals surface area contributed by atoms with Gasteiger partial charge in [-0.1, -0.05) is 6.07 Å². The van der Waals surface area contributed by atoms with Gasteiger partial charge in [-0.2, -0.15) is 0 Å². The maximum absolute atomic E-state index is 11.7. The normalized spacial score (nSPS) is 13.2. The molecule has 0 aliphatic rings. The molecule has 5 heteroatoms. The van der Waals surface area contributed by atoms with E-state index in [0.717, 1.165) is 5.56 Å². The van der Waals surface area contributed by atoms with Crippen LogP contribution in [0.2, 0.25) is 0 Å². The van der Waals surface area contributed by atoms with Crippen molar-refractivity contribution in [1.82, 2.24) is 0 Å². The molecule has 0 fully saturated rings. The highest BCUT2D eigenvalue weighted by atomic mass is 35.5. The van der Waals surface area contributed by atoms with E-state index in [0.29, 0.717) is 11.5 Å². The Morgan fingerprint density at radius 3 is 2.22 bits per heavy atom. The number of halogens is 1. The van der Waals surface area contributed by atoms with Crippen LogP contribution in [0.4, 0.5) is 0 Å². The van der Waals surface area contributed by atoms with E-state index in [4.69, 9.17) is 15.2 Å². The van der Waals surface area contributed by atoms with Crippen molar-refractivity contribution in [2.75, 3.05) is 20.8 Å². The summed E-state index contributed by atoms with van der Waals surface area (Å²) in [5.74, 6) is 1.28. The summed E-state index contributed by atoms with van der Waals surface area (Å²) in [5, 5.41) is 0. The van der Waals surface area contributed by atoms with Crippen LogP contribution in [0.1, 0.15) is 19.4 Å². The fourth-order valence-electron chi connectivity index (χ4n) is 1.64. The summed E-state index contributed by atoms with van der Waals surface area (Å²) in [6, 6.07) is 5.42. The number of benzene rings is 1. The van der Waals surface area contributed by atoms with E-state index in [1.54, 1.807) is 33.3 Å². The summed E-state index contributed by atoms with van der Waals surface area (Å²) in [6.07, 6.45) is 0. The molecule has 1 rings (SSSR count). The van der Waals surface area contributed by atoms with E-state index in [-0.39, 0.29) is 24.7 Å². The largest absolute Gasteiger partial charge is 0.493 e. The molecule has 0 saturated carbocycles. The number of Topliss-reactive ketones (excluding diaryl/α,β-unsaturated/α-hetero) is 1. The molecule has 1 aromatic rings. The number of carbonyl (C=O) groups is 1. The van der Waals surface area contributed by atoms with E-state index in [9.17, 15) is 4.79 Å². The molecule has 1 atom stereocenters. The predicted molar refractivity (Wildman–Crippen MR) is 73.9 cm³/mol.